The second kappa shape index (κ2) is 8.10. The lowest BCUT2D eigenvalue weighted by molar-refractivity contribution is -0.0632. The Hall–Kier alpha value is -2.10. The Morgan fingerprint density at radius 2 is 2.29 bits per heavy atom. The number of ether oxygens (including phenoxy) is 2. The number of nitrogens with zero attached hydrogens (tertiary/aromatic N) is 4. The summed E-state index contributed by atoms with van der Waals surface area (Å²) < 4.78 is 33.3. The quantitative estimate of drug-likeness (QED) is 0.391. The molecule has 0 aliphatic carbocycles. The van der Waals surface area contributed by atoms with Gasteiger partial charge in [-0.15, -0.1) is 0 Å². The fourth-order valence-electron chi connectivity index (χ4n) is 2.98. The van der Waals surface area contributed by atoms with Crippen molar-refractivity contribution in [3.8, 4) is 6.07 Å². The standard InChI is InChI=1S/C15H20N5O7P/c1-24-4-5-25-28(22,23)26-7-10-6-13(21)15(8-16,27-10)12-3-2-11-14(17)18-9-19-20(11)12/h2-3,9-10,13,21H,4-7H2,1H3,(H,22,23)(H2,17,18,19)/t10-,13+,15-/m0/s1. The lowest BCUT2D eigenvalue weighted by Crippen LogP contribution is -2.36. The lowest BCUT2D eigenvalue weighted by Gasteiger charge is -2.24. The number of aliphatic hydroxyl groups is 1. The van der Waals surface area contributed by atoms with Crippen molar-refractivity contribution >= 4 is 19.2 Å². The SMILES string of the molecule is COCCOP(=O)(O)OC[C@@H]1C[C@@H](O)[C@](C#N)(c2ccc3c(N)ncnn23)O1. The van der Waals surface area contributed by atoms with Gasteiger partial charge in [-0.1, -0.05) is 0 Å². The number of nitrogen functional groups attached to an aromatic ring is 1. The maximum Gasteiger partial charge on any atom is 0.472 e. The lowest BCUT2D eigenvalue weighted by atomic mass is 9.94. The van der Waals surface area contributed by atoms with Gasteiger partial charge < -0.3 is 25.2 Å². The fraction of sp³-hybridized carbons (Fsp3) is 0.533. The molecule has 0 spiro atoms. The molecule has 1 aliphatic heterocycles. The molecule has 28 heavy (non-hydrogen) atoms. The van der Waals surface area contributed by atoms with Gasteiger partial charge in [-0.25, -0.2) is 14.1 Å². The van der Waals surface area contributed by atoms with E-state index in [1.54, 1.807) is 12.1 Å². The van der Waals surface area contributed by atoms with E-state index in [4.69, 9.17) is 24.3 Å². The van der Waals surface area contributed by atoms with Gasteiger partial charge in [0, 0.05) is 13.5 Å². The Bertz CT molecular complexity index is 931. The van der Waals surface area contributed by atoms with E-state index < -0.39 is 25.6 Å². The van der Waals surface area contributed by atoms with Crippen LogP contribution in [0.25, 0.3) is 5.52 Å². The van der Waals surface area contributed by atoms with Crippen LogP contribution in [-0.4, -0.2) is 63.7 Å². The van der Waals surface area contributed by atoms with Gasteiger partial charge >= 0.3 is 7.82 Å². The molecule has 152 valence electrons. The molecule has 0 amide bonds. The molecule has 0 bridgehead atoms. The Kier molecular flexibility index (Phi) is 5.97. The number of hydrogen-bond acceptors (Lipinski definition) is 10. The minimum atomic E-state index is -4.32. The van der Waals surface area contributed by atoms with Crippen molar-refractivity contribution in [1.82, 2.24) is 14.6 Å². The van der Waals surface area contributed by atoms with E-state index in [0.29, 0.717) is 5.52 Å². The number of rotatable bonds is 8. The van der Waals surface area contributed by atoms with Crippen molar-refractivity contribution in [2.45, 2.75) is 24.2 Å². The minimum Gasteiger partial charge on any atom is -0.388 e. The monoisotopic (exact) mass is 413 g/mol. The van der Waals surface area contributed by atoms with Crippen LogP contribution in [0, 0.1) is 11.3 Å². The highest BCUT2D eigenvalue weighted by Gasteiger charge is 2.52. The molecule has 3 heterocycles. The molecule has 13 heteroatoms. The number of nitriles is 1. The van der Waals surface area contributed by atoms with Crippen molar-refractivity contribution in [3.05, 3.63) is 24.2 Å². The van der Waals surface area contributed by atoms with Gasteiger partial charge in [0.2, 0.25) is 5.60 Å². The molecule has 2 aromatic rings. The Morgan fingerprint density at radius 1 is 1.50 bits per heavy atom. The van der Waals surface area contributed by atoms with Crippen molar-refractivity contribution in [2.24, 2.45) is 0 Å². The van der Waals surface area contributed by atoms with E-state index in [1.807, 2.05) is 6.07 Å². The van der Waals surface area contributed by atoms with Crippen LogP contribution in [-0.2, 0) is 28.7 Å². The molecule has 0 radical (unpaired) electrons. The Labute approximate surface area is 160 Å². The summed E-state index contributed by atoms with van der Waals surface area (Å²) in [6, 6.07) is 5.14. The molecular weight excluding hydrogens is 393 g/mol. The molecule has 1 aliphatic rings. The van der Waals surface area contributed by atoms with Gasteiger partial charge in [-0.2, -0.15) is 10.4 Å². The predicted octanol–water partition coefficient (Wildman–Crippen LogP) is -0.0398. The van der Waals surface area contributed by atoms with Crippen LogP contribution < -0.4 is 5.73 Å². The Morgan fingerprint density at radius 3 is 3.00 bits per heavy atom. The van der Waals surface area contributed by atoms with Crippen molar-refractivity contribution in [1.29, 1.82) is 5.26 Å². The van der Waals surface area contributed by atoms with Gasteiger partial charge in [0.15, 0.2) is 5.82 Å². The molecule has 12 nitrogen and oxygen atoms in total. The van der Waals surface area contributed by atoms with Crippen molar-refractivity contribution in [3.63, 3.8) is 0 Å². The summed E-state index contributed by atoms with van der Waals surface area (Å²) in [7, 11) is -2.90. The summed E-state index contributed by atoms with van der Waals surface area (Å²) >= 11 is 0. The average Bonchev–Trinajstić information content (AvgIpc) is 3.23. The number of nitrogens with two attached hydrogens (primary N) is 1. The smallest absolute Gasteiger partial charge is 0.388 e. The van der Waals surface area contributed by atoms with Crippen LogP contribution in [0.5, 0.6) is 0 Å². The molecule has 4 N–H and O–H groups in total. The summed E-state index contributed by atoms with van der Waals surface area (Å²) in [5, 5.41) is 24.4. The highest BCUT2D eigenvalue weighted by Crippen LogP contribution is 2.45. The third-order valence-corrected chi connectivity index (χ3v) is 5.29. The first kappa shape index (κ1) is 20.6. The molecule has 3 rings (SSSR count). The summed E-state index contributed by atoms with van der Waals surface area (Å²) in [5.41, 5.74) is 4.76. The van der Waals surface area contributed by atoms with Crippen LogP contribution in [0.4, 0.5) is 5.82 Å². The van der Waals surface area contributed by atoms with Crippen LogP contribution in [0.15, 0.2) is 18.5 Å². The topological polar surface area (TPSA) is 174 Å². The zero-order valence-electron chi connectivity index (χ0n) is 15.0. The number of fused-ring (bicyclic) bond motifs is 1. The normalized spacial score (nSPS) is 26.9. The number of aliphatic hydroxyl groups excluding tert-OH is 1. The maximum absolute atomic E-state index is 11.8. The first-order chi connectivity index (χ1) is 13.3. The number of aromatic nitrogens is 3. The second-order valence-corrected chi connectivity index (χ2v) is 7.54. The highest BCUT2D eigenvalue weighted by molar-refractivity contribution is 7.47. The molecule has 2 aromatic heterocycles. The van der Waals surface area contributed by atoms with Gasteiger partial charge in [0.25, 0.3) is 0 Å². The Balaban J connectivity index is 1.76. The number of hydrogen-bond donors (Lipinski definition) is 3. The van der Waals surface area contributed by atoms with Gasteiger partial charge in [0.05, 0.1) is 31.6 Å². The summed E-state index contributed by atoms with van der Waals surface area (Å²) in [6.45, 7) is -0.365. The van der Waals surface area contributed by atoms with Crippen LogP contribution in [0.3, 0.4) is 0 Å². The molecule has 0 aromatic carbocycles. The summed E-state index contributed by atoms with van der Waals surface area (Å²) in [6.07, 6.45) is -0.837. The van der Waals surface area contributed by atoms with Gasteiger partial charge in [-0.05, 0) is 12.1 Å². The maximum atomic E-state index is 11.8. The predicted molar refractivity (Wildman–Crippen MR) is 93.8 cm³/mol. The van der Waals surface area contributed by atoms with Crippen LogP contribution >= 0.6 is 7.82 Å². The van der Waals surface area contributed by atoms with Crippen molar-refractivity contribution in [2.75, 3.05) is 32.7 Å². The molecule has 1 unspecified atom stereocenters. The van der Waals surface area contributed by atoms with Crippen LogP contribution in [0.2, 0.25) is 0 Å². The van der Waals surface area contributed by atoms with Gasteiger partial charge in [0.1, 0.15) is 24.0 Å². The fourth-order valence-corrected chi connectivity index (χ4v) is 3.71. The van der Waals surface area contributed by atoms with E-state index in [-0.39, 0.29) is 37.8 Å². The van der Waals surface area contributed by atoms with E-state index in [1.165, 1.54) is 18.0 Å². The third-order valence-electron chi connectivity index (χ3n) is 4.30. The number of phosphoric ester groups is 1. The second-order valence-electron chi connectivity index (χ2n) is 6.09. The summed E-state index contributed by atoms with van der Waals surface area (Å²) in [5.74, 6) is 0.205. The number of anilines is 1. The first-order valence-corrected chi connectivity index (χ1v) is 9.79. The van der Waals surface area contributed by atoms with Crippen molar-refractivity contribution < 1.29 is 33.1 Å². The molecule has 0 saturated carbocycles. The molecular formula is C15H20N5O7P. The summed E-state index contributed by atoms with van der Waals surface area (Å²) in [4.78, 5) is 13.5. The van der Waals surface area contributed by atoms with E-state index in [9.17, 15) is 19.8 Å². The molecule has 4 atom stereocenters. The highest BCUT2D eigenvalue weighted by atomic mass is 31.2. The zero-order valence-corrected chi connectivity index (χ0v) is 15.9. The molecule has 1 fully saturated rings. The molecule has 1 saturated heterocycles. The number of phosphoric acid groups is 1. The van der Waals surface area contributed by atoms with Crippen LogP contribution in [0.1, 0.15) is 12.1 Å². The number of methoxy groups -OCH3 is 1. The van der Waals surface area contributed by atoms with E-state index in [0.717, 1.165) is 0 Å². The van der Waals surface area contributed by atoms with E-state index in [2.05, 4.69) is 10.1 Å². The largest absolute Gasteiger partial charge is 0.472 e. The first-order valence-electron chi connectivity index (χ1n) is 8.29. The minimum absolute atomic E-state index is 0.000565. The van der Waals surface area contributed by atoms with E-state index >= 15 is 0 Å². The van der Waals surface area contributed by atoms with Gasteiger partial charge in [-0.3, -0.25) is 9.05 Å². The average molecular weight is 413 g/mol. The third kappa shape index (κ3) is 3.87. The zero-order chi connectivity index (χ0) is 20.4.